The quantitative estimate of drug-likeness (QED) is 0.425. The molecule has 0 saturated carbocycles. The molecule has 92 valence electrons. The van der Waals surface area contributed by atoms with Gasteiger partial charge in [-0.3, -0.25) is 5.43 Å². The Morgan fingerprint density at radius 1 is 1.50 bits per heavy atom. The predicted octanol–water partition coefficient (Wildman–Crippen LogP) is 2.00. The summed E-state index contributed by atoms with van der Waals surface area (Å²) in [4.78, 5) is 7.85. The Balaban J connectivity index is 2.15. The lowest BCUT2D eigenvalue weighted by Crippen LogP contribution is -2.25. The third-order valence-electron chi connectivity index (χ3n) is 2.37. The van der Waals surface area contributed by atoms with Crippen molar-refractivity contribution in [2.24, 2.45) is 5.84 Å². The number of nitrogens with two attached hydrogens (primary N) is 1. The van der Waals surface area contributed by atoms with Crippen LogP contribution >= 0.6 is 23.1 Å². The van der Waals surface area contributed by atoms with Gasteiger partial charge in [-0.25, -0.2) is 10.8 Å². The zero-order chi connectivity index (χ0) is 11.8. The minimum atomic E-state index is 0.791. The molecule has 1 heterocycles. The maximum Gasteiger partial charge on any atom is 0.197 e. The van der Waals surface area contributed by atoms with Crippen molar-refractivity contribution in [3.05, 3.63) is 11.1 Å². The van der Waals surface area contributed by atoms with E-state index in [4.69, 9.17) is 5.84 Å². The molecule has 0 radical (unpaired) electrons. The molecule has 16 heavy (non-hydrogen) atoms. The van der Waals surface area contributed by atoms with Gasteiger partial charge in [0.15, 0.2) is 5.13 Å². The van der Waals surface area contributed by atoms with Gasteiger partial charge < -0.3 is 4.90 Å². The number of hydrogen-bond acceptors (Lipinski definition) is 6. The molecule has 1 aromatic heterocycles. The number of anilines is 1. The maximum absolute atomic E-state index is 5.28. The summed E-state index contributed by atoms with van der Waals surface area (Å²) < 4.78 is 0. The Morgan fingerprint density at radius 2 is 2.25 bits per heavy atom. The van der Waals surface area contributed by atoms with Crippen molar-refractivity contribution in [1.29, 1.82) is 0 Å². The first-order valence-corrected chi connectivity index (χ1v) is 7.48. The Bertz CT molecular complexity index is 286. The van der Waals surface area contributed by atoms with E-state index in [1.54, 1.807) is 11.3 Å². The van der Waals surface area contributed by atoms with Gasteiger partial charge in [0.25, 0.3) is 0 Å². The molecule has 0 atom stereocenters. The minimum absolute atomic E-state index is 0.791. The Labute approximate surface area is 106 Å². The third kappa shape index (κ3) is 4.69. The fourth-order valence-electron chi connectivity index (χ4n) is 1.35. The normalized spacial score (nSPS) is 11.0. The zero-order valence-electron chi connectivity index (χ0n) is 9.90. The summed E-state index contributed by atoms with van der Waals surface area (Å²) in [7, 11) is 0. The zero-order valence-corrected chi connectivity index (χ0v) is 11.5. The van der Waals surface area contributed by atoms with Gasteiger partial charge in [-0.15, -0.1) is 11.3 Å². The van der Waals surface area contributed by atoms with Gasteiger partial charge in [-0.1, -0.05) is 13.8 Å². The topological polar surface area (TPSA) is 54.2 Å². The lowest BCUT2D eigenvalue weighted by atomic mass is 10.5. The number of hydrazine groups is 1. The van der Waals surface area contributed by atoms with Crippen LogP contribution in [0.1, 0.15) is 18.7 Å². The molecule has 0 amide bonds. The van der Waals surface area contributed by atoms with E-state index < -0.39 is 0 Å². The van der Waals surface area contributed by atoms with Gasteiger partial charge in [0.2, 0.25) is 0 Å². The smallest absolute Gasteiger partial charge is 0.197 e. The lowest BCUT2D eigenvalue weighted by Gasteiger charge is -2.16. The summed E-state index contributed by atoms with van der Waals surface area (Å²) in [5.41, 5.74) is 2.56. The van der Waals surface area contributed by atoms with Crippen LogP contribution in [0.15, 0.2) is 6.20 Å². The second-order valence-electron chi connectivity index (χ2n) is 3.36. The van der Waals surface area contributed by atoms with E-state index in [-0.39, 0.29) is 0 Å². The van der Waals surface area contributed by atoms with E-state index in [1.165, 1.54) is 17.2 Å². The molecule has 0 aliphatic carbocycles. The Hall–Kier alpha value is -0.300. The standard InChI is InChI=1S/C10H20N4S2/c1-3-14(4-2)5-6-15-8-9-7-12-10(13-11)16-9/h7H,3-6,8,11H2,1-2H3,(H,12,13). The van der Waals surface area contributed by atoms with Crippen LogP contribution in [-0.2, 0) is 5.75 Å². The van der Waals surface area contributed by atoms with E-state index >= 15 is 0 Å². The molecule has 1 aromatic rings. The number of aromatic nitrogens is 1. The van der Waals surface area contributed by atoms with Gasteiger partial charge in [0, 0.05) is 29.1 Å². The fraction of sp³-hybridized carbons (Fsp3) is 0.700. The van der Waals surface area contributed by atoms with Crippen LogP contribution in [0.25, 0.3) is 0 Å². The Morgan fingerprint density at radius 3 is 2.81 bits per heavy atom. The molecule has 0 unspecified atom stereocenters. The van der Waals surface area contributed by atoms with Gasteiger partial charge in [0.05, 0.1) is 0 Å². The molecular weight excluding hydrogens is 240 g/mol. The molecule has 0 saturated heterocycles. The number of nitrogens with zero attached hydrogens (tertiary/aromatic N) is 2. The highest BCUT2D eigenvalue weighted by Gasteiger charge is 2.02. The highest BCUT2D eigenvalue weighted by Crippen LogP contribution is 2.21. The van der Waals surface area contributed by atoms with Crippen LogP contribution in [0.3, 0.4) is 0 Å². The van der Waals surface area contributed by atoms with E-state index in [0.717, 1.165) is 24.0 Å². The van der Waals surface area contributed by atoms with Crippen LogP contribution in [0.4, 0.5) is 5.13 Å². The van der Waals surface area contributed by atoms with Gasteiger partial charge in [-0.2, -0.15) is 11.8 Å². The highest BCUT2D eigenvalue weighted by molar-refractivity contribution is 7.98. The minimum Gasteiger partial charge on any atom is -0.303 e. The maximum atomic E-state index is 5.28. The molecule has 4 nitrogen and oxygen atoms in total. The van der Waals surface area contributed by atoms with Gasteiger partial charge in [0.1, 0.15) is 0 Å². The number of nitrogens with one attached hydrogen (secondary N) is 1. The summed E-state index contributed by atoms with van der Waals surface area (Å²) in [6.45, 7) is 7.85. The molecule has 0 fully saturated rings. The second-order valence-corrected chi connectivity index (χ2v) is 5.58. The SMILES string of the molecule is CCN(CC)CCSCc1cnc(NN)s1. The van der Waals surface area contributed by atoms with Crippen molar-refractivity contribution >= 4 is 28.2 Å². The Kier molecular flexibility index (Phi) is 6.79. The van der Waals surface area contributed by atoms with Crippen molar-refractivity contribution < 1.29 is 0 Å². The van der Waals surface area contributed by atoms with Crippen LogP contribution in [0.5, 0.6) is 0 Å². The number of thiazole rings is 1. The lowest BCUT2D eigenvalue weighted by molar-refractivity contribution is 0.324. The molecule has 0 aliphatic heterocycles. The van der Waals surface area contributed by atoms with Crippen LogP contribution in [0, 0.1) is 0 Å². The van der Waals surface area contributed by atoms with Crippen LogP contribution in [-0.4, -0.2) is 35.3 Å². The van der Waals surface area contributed by atoms with Crippen LogP contribution in [0.2, 0.25) is 0 Å². The molecule has 0 bridgehead atoms. The molecule has 6 heteroatoms. The third-order valence-corrected chi connectivity index (χ3v) is 4.47. The predicted molar refractivity (Wildman–Crippen MR) is 73.9 cm³/mol. The van der Waals surface area contributed by atoms with Crippen molar-refractivity contribution in [2.75, 3.05) is 30.8 Å². The summed E-state index contributed by atoms with van der Waals surface area (Å²) in [5, 5.41) is 0.791. The summed E-state index contributed by atoms with van der Waals surface area (Å²) in [5.74, 6) is 7.48. The average Bonchev–Trinajstić information content (AvgIpc) is 2.77. The van der Waals surface area contributed by atoms with Crippen molar-refractivity contribution in [3.63, 3.8) is 0 Å². The van der Waals surface area contributed by atoms with Gasteiger partial charge >= 0.3 is 0 Å². The second kappa shape index (κ2) is 7.89. The number of nitrogen functional groups attached to an aromatic ring is 1. The first-order chi connectivity index (χ1) is 7.80. The first kappa shape index (κ1) is 13.8. The van der Waals surface area contributed by atoms with E-state index in [1.807, 2.05) is 18.0 Å². The van der Waals surface area contributed by atoms with E-state index in [2.05, 4.69) is 29.2 Å². The molecule has 0 aliphatic rings. The van der Waals surface area contributed by atoms with Gasteiger partial charge in [-0.05, 0) is 13.1 Å². The molecule has 1 rings (SSSR count). The van der Waals surface area contributed by atoms with Crippen LogP contribution < -0.4 is 11.3 Å². The monoisotopic (exact) mass is 260 g/mol. The summed E-state index contributed by atoms with van der Waals surface area (Å²) in [6, 6.07) is 0. The number of thioether (sulfide) groups is 1. The molecule has 0 spiro atoms. The molecule has 3 N–H and O–H groups in total. The largest absolute Gasteiger partial charge is 0.303 e. The first-order valence-electron chi connectivity index (χ1n) is 5.51. The number of rotatable bonds is 8. The highest BCUT2D eigenvalue weighted by atomic mass is 32.2. The van der Waals surface area contributed by atoms with E-state index in [9.17, 15) is 0 Å². The van der Waals surface area contributed by atoms with E-state index in [0.29, 0.717) is 0 Å². The summed E-state index contributed by atoms with van der Waals surface area (Å²) in [6.07, 6.45) is 1.89. The van der Waals surface area contributed by atoms with Crippen molar-refractivity contribution in [3.8, 4) is 0 Å². The van der Waals surface area contributed by atoms with Crippen molar-refractivity contribution in [1.82, 2.24) is 9.88 Å². The fourth-order valence-corrected chi connectivity index (χ4v) is 3.16. The summed E-state index contributed by atoms with van der Waals surface area (Å²) >= 11 is 3.57. The average molecular weight is 260 g/mol. The molecular formula is C10H20N4S2. The number of hydrogen-bond donors (Lipinski definition) is 2. The van der Waals surface area contributed by atoms with Crippen molar-refractivity contribution in [2.45, 2.75) is 19.6 Å². The molecule has 0 aromatic carbocycles.